The van der Waals surface area contributed by atoms with Crippen molar-refractivity contribution in [1.29, 1.82) is 0 Å². The Hall–Kier alpha value is -1.52. The smallest absolute Gasteiger partial charge is 0.392 e. The summed E-state index contributed by atoms with van der Waals surface area (Å²) in [4.78, 5) is 17.9. The summed E-state index contributed by atoms with van der Waals surface area (Å²) in [5.41, 5.74) is 0. The fourth-order valence-electron chi connectivity index (χ4n) is 1.84. The van der Waals surface area contributed by atoms with Crippen molar-refractivity contribution in [2.24, 2.45) is 0 Å². The van der Waals surface area contributed by atoms with Crippen LogP contribution < -0.4 is 10.1 Å². The molecule has 2 rings (SSSR count). The summed E-state index contributed by atoms with van der Waals surface area (Å²) < 4.78 is 4.99. The van der Waals surface area contributed by atoms with Gasteiger partial charge < -0.3 is 15.0 Å². The Labute approximate surface area is 88.2 Å². The van der Waals surface area contributed by atoms with Crippen molar-refractivity contribution >= 4 is 6.09 Å². The zero-order valence-corrected chi connectivity index (χ0v) is 8.53. The average molecular weight is 209 g/mol. The summed E-state index contributed by atoms with van der Waals surface area (Å²) in [5.74, 6) is 0.378. The third kappa shape index (κ3) is 2.97. The molecule has 1 aromatic rings. The van der Waals surface area contributed by atoms with E-state index >= 15 is 0 Å². The molecular weight excluding hydrogens is 194 g/mol. The number of aromatic amines is 1. The SMILES string of the molecule is O=C(NC1CCCCC1)Oc1cnc[nH]1. The molecule has 0 spiro atoms. The fraction of sp³-hybridized carbons (Fsp3) is 0.600. The van der Waals surface area contributed by atoms with Crippen LogP contribution in [-0.2, 0) is 0 Å². The van der Waals surface area contributed by atoms with Gasteiger partial charge in [-0.05, 0) is 12.8 Å². The van der Waals surface area contributed by atoms with E-state index in [1.54, 1.807) is 0 Å². The van der Waals surface area contributed by atoms with Crippen LogP contribution in [0.1, 0.15) is 32.1 Å². The van der Waals surface area contributed by atoms with Gasteiger partial charge in [0.15, 0.2) is 0 Å². The summed E-state index contributed by atoms with van der Waals surface area (Å²) >= 11 is 0. The first-order valence-corrected chi connectivity index (χ1v) is 5.31. The van der Waals surface area contributed by atoms with Crippen LogP contribution in [0.5, 0.6) is 5.88 Å². The Morgan fingerprint density at radius 3 is 2.93 bits per heavy atom. The first-order chi connectivity index (χ1) is 7.34. The number of carbonyl (C=O) groups excluding carboxylic acids is 1. The number of carbonyl (C=O) groups is 1. The van der Waals surface area contributed by atoms with Crippen molar-refractivity contribution in [1.82, 2.24) is 15.3 Å². The molecule has 0 bridgehead atoms. The van der Waals surface area contributed by atoms with Gasteiger partial charge in [0.1, 0.15) is 0 Å². The highest BCUT2D eigenvalue weighted by Gasteiger charge is 2.16. The first-order valence-electron chi connectivity index (χ1n) is 5.31. The van der Waals surface area contributed by atoms with E-state index in [1.807, 2.05) is 0 Å². The molecule has 1 amide bonds. The minimum absolute atomic E-state index is 0.272. The topological polar surface area (TPSA) is 67.0 Å². The summed E-state index contributed by atoms with van der Waals surface area (Å²) in [5, 5.41) is 2.85. The van der Waals surface area contributed by atoms with Crippen LogP contribution >= 0.6 is 0 Å². The van der Waals surface area contributed by atoms with E-state index in [1.165, 1.54) is 31.8 Å². The minimum atomic E-state index is -0.397. The first kappa shape index (κ1) is 10.0. The molecule has 0 aliphatic heterocycles. The maximum Gasteiger partial charge on any atom is 0.414 e. The van der Waals surface area contributed by atoms with E-state index < -0.39 is 6.09 Å². The van der Waals surface area contributed by atoms with Crippen LogP contribution in [0.25, 0.3) is 0 Å². The van der Waals surface area contributed by atoms with Crippen molar-refractivity contribution in [2.75, 3.05) is 0 Å². The molecule has 2 N–H and O–H groups in total. The van der Waals surface area contributed by atoms with E-state index in [4.69, 9.17) is 4.74 Å². The fourth-order valence-corrected chi connectivity index (χ4v) is 1.84. The summed E-state index contributed by atoms with van der Waals surface area (Å²) in [6.07, 6.45) is 8.31. The van der Waals surface area contributed by atoms with Gasteiger partial charge in [-0.15, -0.1) is 0 Å². The van der Waals surface area contributed by atoms with Gasteiger partial charge in [0.25, 0.3) is 0 Å². The van der Waals surface area contributed by atoms with Crippen molar-refractivity contribution in [3.8, 4) is 5.88 Å². The third-order valence-electron chi connectivity index (χ3n) is 2.60. The molecule has 0 aromatic carbocycles. The van der Waals surface area contributed by atoms with Crippen molar-refractivity contribution in [2.45, 2.75) is 38.1 Å². The average Bonchev–Trinajstić information content (AvgIpc) is 2.71. The van der Waals surface area contributed by atoms with Gasteiger partial charge in [-0.1, -0.05) is 19.3 Å². The monoisotopic (exact) mass is 209 g/mol. The zero-order chi connectivity index (χ0) is 10.5. The molecule has 0 radical (unpaired) electrons. The largest absolute Gasteiger partial charge is 0.414 e. The number of imidazole rings is 1. The number of amides is 1. The van der Waals surface area contributed by atoms with Crippen LogP contribution in [0.4, 0.5) is 4.79 Å². The second-order valence-corrected chi connectivity index (χ2v) is 3.78. The van der Waals surface area contributed by atoms with Gasteiger partial charge in [-0.2, -0.15) is 0 Å². The number of H-pyrrole nitrogens is 1. The van der Waals surface area contributed by atoms with Crippen molar-refractivity contribution in [3.05, 3.63) is 12.5 Å². The molecule has 1 heterocycles. The van der Waals surface area contributed by atoms with Gasteiger partial charge in [-0.3, -0.25) is 0 Å². The summed E-state index contributed by atoms with van der Waals surface area (Å²) in [7, 11) is 0. The standard InChI is InChI=1S/C10H15N3O2/c14-10(15-9-6-11-7-12-9)13-8-4-2-1-3-5-8/h6-8H,1-5H2,(H,11,12)(H,13,14). The predicted octanol–water partition coefficient (Wildman–Crippen LogP) is 1.83. The van der Waals surface area contributed by atoms with Crippen LogP contribution in [0, 0.1) is 0 Å². The minimum Gasteiger partial charge on any atom is -0.392 e. The van der Waals surface area contributed by atoms with Crippen LogP contribution in [0.3, 0.4) is 0 Å². The molecule has 0 unspecified atom stereocenters. The predicted molar refractivity (Wildman–Crippen MR) is 54.6 cm³/mol. The van der Waals surface area contributed by atoms with Crippen LogP contribution in [0.15, 0.2) is 12.5 Å². The molecule has 15 heavy (non-hydrogen) atoms. The molecule has 0 saturated heterocycles. The highest BCUT2D eigenvalue weighted by atomic mass is 16.6. The van der Waals surface area contributed by atoms with Crippen molar-refractivity contribution in [3.63, 3.8) is 0 Å². The Kier molecular flexibility index (Phi) is 3.22. The van der Waals surface area contributed by atoms with Crippen LogP contribution in [-0.4, -0.2) is 22.1 Å². The number of hydrogen-bond donors (Lipinski definition) is 2. The molecule has 1 aliphatic carbocycles. The lowest BCUT2D eigenvalue weighted by Gasteiger charge is -2.21. The molecule has 5 nitrogen and oxygen atoms in total. The lowest BCUT2D eigenvalue weighted by Crippen LogP contribution is -2.38. The van der Waals surface area contributed by atoms with Crippen LogP contribution in [0.2, 0.25) is 0 Å². The molecule has 1 saturated carbocycles. The Balaban J connectivity index is 1.76. The normalized spacial score (nSPS) is 17.3. The van der Waals surface area contributed by atoms with E-state index in [0.717, 1.165) is 12.8 Å². The third-order valence-corrected chi connectivity index (χ3v) is 2.60. The quantitative estimate of drug-likeness (QED) is 0.780. The van der Waals surface area contributed by atoms with E-state index in [0.29, 0.717) is 5.88 Å². The molecular formula is C10H15N3O2. The summed E-state index contributed by atoms with van der Waals surface area (Å²) in [6, 6.07) is 0.272. The molecule has 1 aromatic heterocycles. The Morgan fingerprint density at radius 1 is 1.47 bits per heavy atom. The van der Waals surface area contributed by atoms with Gasteiger partial charge in [0.2, 0.25) is 5.88 Å². The van der Waals surface area contributed by atoms with Gasteiger partial charge in [0.05, 0.1) is 12.5 Å². The zero-order valence-electron chi connectivity index (χ0n) is 8.53. The number of hydrogen-bond acceptors (Lipinski definition) is 3. The number of ether oxygens (including phenoxy) is 1. The Morgan fingerprint density at radius 2 is 2.27 bits per heavy atom. The van der Waals surface area contributed by atoms with E-state index in [-0.39, 0.29) is 6.04 Å². The second-order valence-electron chi connectivity index (χ2n) is 3.78. The second kappa shape index (κ2) is 4.82. The van der Waals surface area contributed by atoms with E-state index in [9.17, 15) is 4.79 Å². The molecule has 82 valence electrons. The summed E-state index contributed by atoms with van der Waals surface area (Å²) in [6.45, 7) is 0. The highest BCUT2D eigenvalue weighted by molar-refractivity contribution is 5.70. The van der Waals surface area contributed by atoms with Crippen molar-refractivity contribution < 1.29 is 9.53 Å². The number of nitrogens with one attached hydrogen (secondary N) is 2. The van der Waals surface area contributed by atoms with Gasteiger partial charge in [0, 0.05) is 6.04 Å². The van der Waals surface area contributed by atoms with Gasteiger partial charge in [-0.25, -0.2) is 9.78 Å². The highest BCUT2D eigenvalue weighted by Crippen LogP contribution is 2.17. The number of rotatable bonds is 2. The lowest BCUT2D eigenvalue weighted by atomic mass is 9.96. The maximum atomic E-state index is 11.4. The number of aromatic nitrogens is 2. The Bertz CT molecular complexity index is 304. The molecule has 1 fully saturated rings. The van der Waals surface area contributed by atoms with Gasteiger partial charge >= 0.3 is 6.09 Å². The lowest BCUT2D eigenvalue weighted by molar-refractivity contribution is 0.190. The molecule has 5 heteroatoms. The molecule has 0 atom stereocenters. The molecule has 1 aliphatic rings. The van der Waals surface area contributed by atoms with E-state index in [2.05, 4.69) is 15.3 Å². The maximum absolute atomic E-state index is 11.4. The number of nitrogens with zero attached hydrogens (tertiary/aromatic N) is 1.